The van der Waals surface area contributed by atoms with Crippen molar-refractivity contribution >= 4 is 23.4 Å². The topological polar surface area (TPSA) is 96.9 Å². The van der Waals surface area contributed by atoms with Gasteiger partial charge in [-0.2, -0.15) is 0 Å². The number of anilines is 1. The zero-order chi connectivity index (χ0) is 18.9. The van der Waals surface area contributed by atoms with Gasteiger partial charge in [0.1, 0.15) is 11.4 Å². The predicted molar refractivity (Wildman–Crippen MR) is 92.7 cm³/mol. The van der Waals surface area contributed by atoms with Crippen molar-refractivity contribution in [1.82, 2.24) is 4.90 Å². The van der Waals surface area contributed by atoms with E-state index in [2.05, 4.69) is 5.32 Å². The number of hydrogen-bond acceptors (Lipinski definition) is 4. The standard InChI is InChI=1S/C18H23FN4O3/c1-2-23-15(24)11-14(16(23)25)22-9-7-18(8-10-22,17(20)26)21-13-5-3-12(19)4-6-13/h3-6,14,21H,2,7-11H2,1H3,(H2,20,26)/p+1/t14-/m0/s1. The fraction of sp³-hybridized carbons (Fsp3) is 0.500. The lowest BCUT2D eigenvalue weighted by atomic mass is 9.85. The SMILES string of the molecule is CCN1C(=O)C[C@H]([NH+]2CCC(Nc3ccc(F)cc3)(C(N)=O)CC2)C1=O. The van der Waals surface area contributed by atoms with E-state index in [1.807, 2.05) is 0 Å². The first kappa shape index (κ1) is 18.3. The number of amides is 3. The van der Waals surface area contributed by atoms with Crippen LogP contribution in [-0.4, -0.2) is 53.8 Å². The fourth-order valence-electron chi connectivity index (χ4n) is 3.92. The van der Waals surface area contributed by atoms with E-state index in [1.54, 1.807) is 19.1 Å². The number of imide groups is 1. The molecule has 140 valence electrons. The Labute approximate surface area is 151 Å². The number of nitrogens with zero attached hydrogens (tertiary/aromatic N) is 1. The molecule has 0 unspecified atom stereocenters. The summed E-state index contributed by atoms with van der Waals surface area (Å²) in [7, 11) is 0. The molecule has 26 heavy (non-hydrogen) atoms. The molecule has 3 rings (SSSR count). The van der Waals surface area contributed by atoms with Crippen molar-refractivity contribution in [2.45, 2.75) is 37.8 Å². The minimum Gasteiger partial charge on any atom is -0.371 e. The van der Waals surface area contributed by atoms with E-state index in [0.29, 0.717) is 38.2 Å². The van der Waals surface area contributed by atoms with Gasteiger partial charge in [0.05, 0.1) is 19.5 Å². The highest BCUT2D eigenvalue weighted by Crippen LogP contribution is 2.24. The van der Waals surface area contributed by atoms with Gasteiger partial charge < -0.3 is 16.0 Å². The third-order valence-electron chi connectivity index (χ3n) is 5.50. The number of nitrogens with one attached hydrogen (secondary N) is 2. The molecule has 2 saturated heterocycles. The summed E-state index contributed by atoms with van der Waals surface area (Å²) in [5.41, 5.74) is 5.35. The molecule has 2 heterocycles. The molecule has 7 nitrogen and oxygen atoms in total. The van der Waals surface area contributed by atoms with Gasteiger partial charge in [0.15, 0.2) is 6.04 Å². The highest BCUT2D eigenvalue weighted by atomic mass is 19.1. The van der Waals surface area contributed by atoms with Crippen molar-refractivity contribution in [3.05, 3.63) is 30.1 Å². The average Bonchev–Trinajstić information content (AvgIpc) is 2.91. The molecule has 8 heteroatoms. The first-order valence-corrected chi connectivity index (χ1v) is 8.89. The Morgan fingerprint density at radius 3 is 2.42 bits per heavy atom. The smallest absolute Gasteiger partial charge is 0.287 e. The quantitative estimate of drug-likeness (QED) is 0.602. The molecule has 0 radical (unpaired) electrons. The van der Waals surface area contributed by atoms with E-state index in [1.165, 1.54) is 17.0 Å². The molecule has 2 fully saturated rings. The third kappa shape index (κ3) is 3.29. The number of nitrogens with two attached hydrogens (primary N) is 1. The van der Waals surface area contributed by atoms with Gasteiger partial charge in [-0.1, -0.05) is 0 Å². The minimum absolute atomic E-state index is 0.133. The number of halogens is 1. The molecule has 4 N–H and O–H groups in total. The van der Waals surface area contributed by atoms with Crippen molar-refractivity contribution in [2.24, 2.45) is 5.73 Å². The van der Waals surface area contributed by atoms with Crippen LogP contribution < -0.4 is 16.0 Å². The van der Waals surface area contributed by atoms with Gasteiger partial charge in [-0.25, -0.2) is 4.39 Å². The first-order valence-electron chi connectivity index (χ1n) is 8.89. The van der Waals surface area contributed by atoms with Crippen molar-refractivity contribution in [3.8, 4) is 0 Å². The first-order chi connectivity index (χ1) is 12.4. The number of rotatable bonds is 5. The highest BCUT2D eigenvalue weighted by Gasteiger charge is 2.49. The van der Waals surface area contributed by atoms with Gasteiger partial charge in [-0.3, -0.25) is 19.3 Å². The Morgan fingerprint density at radius 2 is 1.92 bits per heavy atom. The number of primary amides is 1. The van der Waals surface area contributed by atoms with Gasteiger partial charge in [0, 0.05) is 25.1 Å². The van der Waals surface area contributed by atoms with Crippen LogP contribution in [0.1, 0.15) is 26.2 Å². The van der Waals surface area contributed by atoms with E-state index in [9.17, 15) is 18.8 Å². The highest BCUT2D eigenvalue weighted by molar-refractivity contribution is 6.04. The lowest BCUT2D eigenvalue weighted by Gasteiger charge is -2.40. The molecule has 2 aliphatic rings. The second-order valence-electron chi connectivity index (χ2n) is 6.97. The molecule has 0 saturated carbocycles. The van der Waals surface area contributed by atoms with E-state index < -0.39 is 11.4 Å². The molecular formula is C18H24FN4O3+. The number of benzene rings is 1. The largest absolute Gasteiger partial charge is 0.371 e. The maximum absolute atomic E-state index is 13.1. The van der Waals surface area contributed by atoms with Gasteiger partial charge >= 0.3 is 0 Å². The Morgan fingerprint density at radius 1 is 1.31 bits per heavy atom. The summed E-state index contributed by atoms with van der Waals surface area (Å²) in [6.45, 7) is 3.28. The van der Waals surface area contributed by atoms with Crippen LogP contribution in [0, 0.1) is 5.82 Å². The molecule has 0 aliphatic carbocycles. The van der Waals surface area contributed by atoms with Gasteiger partial charge in [0.2, 0.25) is 11.8 Å². The monoisotopic (exact) mass is 363 g/mol. The lowest BCUT2D eigenvalue weighted by Crippen LogP contribution is -3.18. The zero-order valence-corrected chi connectivity index (χ0v) is 14.8. The summed E-state index contributed by atoms with van der Waals surface area (Å²) in [6, 6.07) is 5.40. The molecule has 1 atom stereocenters. The van der Waals surface area contributed by atoms with Crippen molar-refractivity contribution in [2.75, 3.05) is 25.0 Å². The van der Waals surface area contributed by atoms with Crippen molar-refractivity contribution in [3.63, 3.8) is 0 Å². The molecule has 1 aromatic carbocycles. The number of likely N-dealkylation sites (N-methyl/N-ethyl adjacent to an activating group) is 1. The fourth-order valence-corrected chi connectivity index (χ4v) is 3.92. The predicted octanol–water partition coefficient (Wildman–Crippen LogP) is -0.712. The van der Waals surface area contributed by atoms with Crippen LogP contribution in [0.2, 0.25) is 0 Å². The number of carbonyl (C=O) groups is 3. The molecule has 2 aliphatic heterocycles. The van der Waals surface area contributed by atoms with Gasteiger partial charge in [-0.05, 0) is 31.2 Å². The summed E-state index contributed by atoms with van der Waals surface area (Å²) in [6.07, 6.45) is 1.11. The molecule has 1 aromatic rings. The van der Waals surface area contributed by atoms with E-state index in [4.69, 9.17) is 5.73 Å². The van der Waals surface area contributed by atoms with Crippen LogP contribution in [0.3, 0.4) is 0 Å². The second-order valence-corrected chi connectivity index (χ2v) is 6.97. The van der Waals surface area contributed by atoms with Crippen molar-refractivity contribution in [1.29, 1.82) is 0 Å². The average molecular weight is 363 g/mol. The van der Waals surface area contributed by atoms with Gasteiger partial charge in [-0.15, -0.1) is 0 Å². The summed E-state index contributed by atoms with van der Waals surface area (Å²) in [5, 5.41) is 3.16. The van der Waals surface area contributed by atoms with Crippen molar-refractivity contribution < 1.29 is 23.7 Å². The zero-order valence-electron chi connectivity index (χ0n) is 14.8. The van der Waals surface area contributed by atoms with Crippen LogP contribution in [0.15, 0.2) is 24.3 Å². The number of carbonyl (C=O) groups excluding carboxylic acids is 3. The maximum atomic E-state index is 13.1. The molecule has 3 amide bonds. The minimum atomic E-state index is -0.933. The number of hydrogen-bond donors (Lipinski definition) is 3. The molecule has 0 spiro atoms. The number of quaternary nitrogens is 1. The second kappa shape index (κ2) is 7.03. The summed E-state index contributed by atoms with van der Waals surface area (Å²) < 4.78 is 13.1. The molecular weight excluding hydrogens is 339 g/mol. The van der Waals surface area contributed by atoms with Crippen LogP contribution in [0.4, 0.5) is 10.1 Å². The molecule has 0 bridgehead atoms. The summed E-state index contributed by atoms with van der Waals surface area (Å²) >= 11 is 0. The van der Waals surface area contributed by atoms with E-state index >= 15 is 0 Å². The number of likely N-dealkylation sites (tertiary alicyclic amines) is 2. The maximum Gasteiger partial charge on any atom is 0.287 e. The van der Waals surface area contributed by atoms with Crippen LogP contribution in [0.5, 0.6) is 0 Å². The van der Waals surface area contributed by atoms with Crippen LogP contribution >= 0.6 is 0 Å². The Hall–Kier alpha value is -2.48. The summed E-state index contributed by atoms with van der Waals surface area (Å²) in [5.74, 6) is -1.09. The Kier molecular flexibility index (Phi) is 4.95. The van der Waals surface area contributed by atoms with Gasteiger partial charge in [0.25, 0.3) is 5.91 Å². The van der Waals surface area contributed by atoms with Crippen LogP contribution in [0.25, 0.3) is 0 Å². The van der Waals surface area contributed by atoms with E-state index in [-0.39, 0.29) is 30.1 Å². The number of piperidine rings is 1. The third-order valence-corrected chi connectivity index (χ3v) is 5.50. The van der Waals surface area contributed by atoms with Crippen LogP contribution in [-0.2, 0) is 14.4 Å². The van der Waals surface area contributed by atoms with E-state index in [0.717, 1.165) is 4.90 Å². The Balaban J connectivity index is 1.70. The summed E-state index contributed by atoms with van der Waals surface area (Å²) in [4.78, 5) is 38.8. The normalized spacial score (nSPS) is 29.1. The Bertz CT molecular complexity index is 714. The lowest BCUT2D eigenvalue weighted by molar-refractivity contribution is -0.920. The molecule has 0 aromatic heterocycles.